The second-order valence-corrected chi connectivity index (χ2v) is 5.27. The molecule has 0 radical (unpaired) electrons. The van der Waals surface area contributed by atoms with Crippen LogP contribution in [0.5, 0.6) is 0 Å². The van der Waals surface area contributed by atoms with Gasteiger partial charge in [-0.05, 0) is 31.9 Å². The number of hydrogen-bond acceptors (Lipinski definition) is 5. The van der Waals surface area contributed by atoms with Gasteiger partial charge in [0, 0.05) is 30.9 Å². The van der Waals surface area contributed by atoms with E-state index in [1.807, 2.05) is 0 Å². The van der Waals surface area contributed by atoms with Crippen molar-refractivity contribution in [3.63, 3.8) is 0 Å². The highest BCUT2D eigenvalue weighted by molar-refractivity contribution is 5.56. The molecule has 1 aromatic rings. The molecule has 2 fully saturated rings. The lowest BCUT2D eigenvalue weighted by Crippen LogP contribution is -2.41. The van der Waals surface area contributed by atoms with Gasteiger partial charge in [0.15, 0.2) is 0 Å². The molecule has 6 heteroatoms. The number of rotatable bonds is 3. The first-order chi connectivity index (χ1) is 9.25. The summed E-state index contributed by atoms with van der Waals surface area (Å²) in [6, 6.07) is 3.90. The number of nitrogens with one attached hydrogen (secondary N) is 1. The second kappa shape index (κ2) is 5.13. The van der Waals surface area contributed by atoms with Crippen molar-refractivity contribution in [2.75, 3.05) is 18.4 Å². The number of nitrogens with zero attached hydrogens (tertiary/aromatic N) is 3. The van der Waals surface area contributed by atoms with Crippen LogP contribution in [0.4, 0.5) is 11.5 Å². The van der Waals surface area contributed by atoms with Gasteiger partial charge in [0.2, 0.25) is 5.82 Å². The molecule has 0 saturated carbocycles. The minimum atomic E-state index is -0.372. The Hall–Kier alpha value is -1.69. The number of piperidine rings is 1. The predicted octanol–water partition coefficient (Wildman–Crippen LogP) is 2.03. The number of aromatic nitrogens is 1. The van der Waals surface area contributed by atoms with Crippen LogP contribution in [0.25, 0.3) is 0 Å². The predicted molar refractivity (Wildman–Crippen MR) is 72.1 cm³/mol. The first kappa shape index (κ1) is 12.3. The lowest BCUT2D eigenvalue weighted by Gasteiger charge is -2.32. The molecule has 0 aliphatic carbocycles. The Morgan fingerprint density at radius 1 is 1.37 bits per heavy atom. The molecule has 0 aromatic carbocycles. The molecule has 2 atom stereocenters. The van der Waals surface area contributed by atoms with E-state index in [9.17, 15) is 10.1 Å². The number of pyridine rings is 1. The lowest BCUT2D eigenvalue weighted by atomic mass is 9.99. The fraction of sp³-hybridized carbons (Fsp3) is 0.615. The van der Waals surface area contributed by atoms with Crippen molar-refractivity contribution in [3.8, 4) is 0 Å². The smallest absolute Gasteiger partial charge is 0.311 e. The third kappa shape index (κ3) is 2.40. The van der Waals surface area contributed by atoms with E-state index in [4.69, 9.17) is 0 Å². The summed E-state index contributed by atoms with van der Waals surface area (Å²) in [6.07, 6.45) is 6.34. The molecule has 0 unspecified atom stereocenters. The van der Waals surface area contributed by atoms with Gasteiger partial charge >= 0.3 is 5.69 Å². The van der Waals surface area contributed by atoms with Gasteiger partial charge in [0.1, 0.15) is 0 Å². The zero-order chi connectivity index (χ0) is 13.2. The van der Waals surface area contributed by atoms with E-state index in [0.29, 0.717) is 11.9 Å². The molecule has 0 spiro atoms. The Kier molecular flexibility index (Phi) is 3.33. The van der Waals surface area contributed by atoms with Crippen molar-refractivity contribution < 1.29 is 4.92 Å². The second-order valence-electron chi connectivity index (χ2n) is 5.27. The molecule has 3 heterocycles. The number of anilines is 1. The quantitative estimate of drug-likeness (QED) is 0.666. The Morgan fingerprint density at radius 3 is 3.11 bits per heavy atom. The van der Waals surface area contributed by atoms with Crippen LogP contribution >= 0.6 is 0 Å². The number of nitro groups is 1. The van der Waals surface area contributed by atoms with Crippen LogP contribution in [0.15, 0.2) is 18.3 Å². The van der Waals surface area contributed by atoms with Gasteiger partial charge in [0.25, 0.3) is 0 Å². The van der Waals surface area contributed by atoms with Crippen molar-refractivity contribution in [1.82, 2.24) is 9.88 Å². The maximum Gasteiger partial charge on any atom is 0.311 e. The molecular formula is C13H18N4O2. The van der Waals surface area contributed by atoms with E-state index in [1.165, 1.54) is 25.3 Å². The van der Waals surface area contributed by atoms with Crippen LogP contribution in [0.1, 0.15) is 25.7 Å². The Labute approximate surface area is 112 Å². The molecule has 0 bridgehead atoms. The summed E-state index contributed by atoms with van der Waals surface area (Å²) < 4.78 is 0. The van der Waals surface area contributed by atoms with Gasteiger partial charge in [0.05, 0.1) is 4.92 Å². The van der Waals surface area contributed by atoms with E-state index in [1.54, 1.807) is 12.3 Å². The highest BCUT2D eigenvalue weighted by Crippen LogP contribution is 2.31. The summed E-state index contributed by atoms with van der Waals surface area (Å²) in [4.78, 5) is 17.2. The van der Waals surface area contributed by atoms with Crippen LogP contribution in [-0.4, -0.2) is 40.0 Å². The fourth-order valence-electron chi connectivity index (χ4n) is 3.25. The molecule has 1 N–H and O–H groups in total. The highest BCUT2D eigenvalue weighted by atomic mass is 16.6. The van der Waals surface area contributed by atoms with Gasteiger partial charge in [-0.25, -0.2) is 4.98 Å². The van der Waals surface area contributed by atoms with Gasteiger partial charge in [-0.3, -0.25) is 15.0 Å². The minimum absolute atomic E-state index is 0.0664. The van der Waals surface area contributed by atoms with Gasteiger partial charge in [-0.1, -0.05) is 6.42 Å². The Bertz CT molecular complexity index is 479. The Balaban J connectivity index is 1.76. The van der Waals surface area contributed by atoms with Crippen molar-refractivity contribution in [2.24, 2.45) is 0 Å². The molecule has 1 aromatic heterocycles. The standard InChI is InChI=1S/C13H18N4O2/c18-17(19)12-5-3-7-14-13(12)15-10-6-9-16-8-2-1-4-11(10)16/h3,5,7,10-11H,1-2,4,6,8-9H2,(H,14,15)/t10-,11-/m0/s1. The van der Waals surface area contributed by atoms with Crippen molar-refractivity contribution in [3.05, 3.63) is 28.4 Å². The van der Waals surface area contributed by atoms with Crippen LogP contribution in [0.2, 0.25) is 0 Å². The van der Waals surface area contributed by atoms with Crippen molar-refractivity contribution >= 4 is 11.5 Å². The van der Waals surface area contributed by atoms with E-state index >= 15 is 0 Å². The third-order valence-corrected chi connectivity index (χ3v) is 4.16. The lowest BCUT2D eigenvalue weighted by molar-refractivity contribution is -0.384. The molecule has 0 amide bonds. The van der Waals surface area contributed by atoms with E-state index in [2.05, 4.69) is 15.2 Å². The minimum Gasteiger partial charge on any atom is -0.360 e. The number of fused-ring (bicyclic) bond motifs is 1. The zero-order valence-corrected chi connectivity index (χ0v) is 10.8. The van der Waals surface area contributed by atoms with E-state index < -0.39 is 0 Å². The summed E-state index contributed by atoms with van der Waals surface area (Å²) >= 11 is 0. The normalized spacial score (nSPS) is 26.9. The van der Waals surface area contributed by atoms with Gasteiger partial charge < -0.3 is 5.32 Å². The van der Waals surface area contributed by atoms with E-state index in [-0.39, 0.29) is 16.7 Å². The maximum atomic E-state index is 11.0. The van der Waals surface area contributed by atoms with Crippen LogP contribution in [0.3, 0.4) is 0 Å². The first-order valence-corrected chi connectivity index (χ1v) is 6.86. The molecule has 2 aliphatic rings. The first-order valence-electron chi connectivity index (χ1n) is 6.86. The molecule has 2 aliphatic heterocycles. The Morgan fingerprint density at radius 2 is 2.26 bits per heavy atom. The number of hydrogen-bond donors (Lipinski definition) is 1. The van der Waals surface area contributed by atoms with Gasteiger partial charge in [-0.15, -0.1) is 0 Å². The highest BCUT2D eigenvalue weighted by Gasteiger charge is 2.36. The van der Waals surface area contributed by atoms with E-state index in [0.717, 1.165) is 19.5 Å². The third-order valence-electron chi connectivity index (χ3n) is 4.16. The summed E-state index contributed by atoms with van der Waals surface area (Å²) in [7, 11) is 0. The molecule has 19 heavy (non-hydrogen) atoms. The maximum absolute atomic E-state index is 11.0. The SMILES string of the molecule is O=[N+]([O-])c1cccnc1N[C@H]1CCN2CCCC[C@@H]12. The van der Waals surface area contributed by atoms with Crippen LogP contribution in [-0.2, 0) is 0 Å². The average molecular weight is 262 g/mol. The molecule has 3 rings (SSSR count). The summed E-state index contributed by atoms with van der Waals surface area (Å²) in [5.74, 6) is 0.407. The summed E-state index contributed by atoms with van der Waals surface area (Å²) in [6.45, 7) is 2.25. The summed E-state index contributed by atoms with van der Waals surface area (Å²) in [5.41, 5.74) is 0.0664. The summed E-state index contributed by atoms with van der Waals surface area (Å²) in [5, 5.41) is 14.3. The molecular weight excluding hydrogens is 244 g/mol. The van der Waals surface area contributed by atoms with Crippen molar-refractivity contribution in [2.45, 2.75) is 37.8 Å². The molecule has 6 nitrogen and oxygen atoms in total. The monoisotopic (exact) mass is 262 g/mol. The topological polar surface area (TPSA) is 71.3 Å². The molecule has 2 saturated heterocycles. The fourth-order valence-corrected chi connectivity index (χ4v) is 3.25. The largest absolute Gasteiger partial charge is 0.360 e. The average Bonchev–Trinajstić information content (AvgIpc) is 2.83. The van der Waals surface area contributed by atoms with Crippen molar-refractivity contribution in [1.29, 1.82) is 0 Å². The zero-order valence-electron chi connectivity index (χ0n) is 10.8. The molecule has 102 valence electrons. The van der Waals surface area contributed by atoms with Gasteiger partial charge in [-0.2, -0.15) is 0 Å². The van der Waals surface area contributed by atoms with Crippen LogP contribution in [0, 0.1) is 10.1 Å². The van der Waals surface area contributed by atoms with Crippen LogP contribution < -0.4 is 5.32 Å².